The standard InChI is InChI=1S/C7H7NO2P/c9-11-8-5-6-3-1-2-4-7(6)10-11/h1-4H,5H2,(H,8,9)/q+1. The maximum Gasteiger partial charge on any atom is 0.664 e. The summed E-state index contributed by atoms with van der Waals surface area (Å²) in [5.74, 6) is 0.729. The number of benzene rings is 1. The second-order valence-electron chi connectivity index (χ2n) is 2.29. The van der Waals surface area contributed by atoms with Crippen molar-refractivity contribution in [1.82, 2.24) is 5.09 Å². The van der Waals surface area contributed by atoms with Gasteiger partial charge in [0.1, 0.15) is 0 Å². The highest BCUT2D eigenvalue weighted by Crippen LogP contribution is 2.31. The lowest BCUT2D eigenvalue weighted by Crippen LogP contribution is -2.12. The maximum atomic E-state index is 10.8. The van der Waals surface area contributed by atoms with Crippen molar-refractivity contribution >= 4 is 8.18 Å². The quantitative estimate of drug-likeness (QED) is 0.600. The van der Waals surface area contributed by atoms with Crippen molar-refractivity contribution in [2.75, 3.05) is 0 Å². The van der Waals surface area contributed by atoms with Gasteiger partial charge in [0.05, 0.1) is 6.54 Å². The number of fused-ring (bicyclic) bond motifs is 1. The number of hydrogen-bond donors (Lipinski definition) is 1. The lowest BCUT2D eigenvalue weighted by Gasteiger charge is -2.05. The van der Waals surface area contributed by atoms with Crippen molar-refractivity contribution in [3.8, 4) is 5.75 Å². The van der Waals surface area contributed by atoms with Crippen LogP contribution in [0.2, 0.25) is 0 Å². The highest BCUT2D eigenvalue weighted by Gasteiger charge is 2.26. The van der Waals surface area contributed by atoms with Crippen LogP contribution in [0, 0.1) is 0 Å². The fourth-order valence-electron chi connectivity index (χ4n) is 1.01. The lowest BCUT2D eigenvalue weighted by atomic mass is 10.2. The fraction of sp³-hybridized carbons (Fsp3) is 0.143. The Morgan fingerprint density at radius 3 is 3.18 bits per heavy atom. The molecule has 0 bridgehead atoms. The van der Waals surface area contributed by atoms with Crippen molar-refractivity contribution in [2.45, 2.75) is 6.54 Å². The first-order valence-corrected chi connectivity index (χ1v) is 4.50. The van der Waals surface area contributed by atoms with E-state index in [9.17, 15) is 4.57 Å². The van der Waals surface area contributed by atoms with Crippen LogP contribution in [0.15, 0.2) is 24.3 Å². The molecular weight excluding hydrogens is 161 g/mol. The first-order valence-electron chi connectivity index (χ1n) is 3.33. The topological polar surface area (TPSA) is 38.3 Å². The Morgan fingerprint density at radius 1 is 1.45 bits per heavy atom. The van der Waals surface area contributed by atoms with Gasteiger partial charge in [-0.25, -0.2) is 4.52 Å². The van der Waals surface area contributed by atoms with Crippen LogP contribution in [0.1, 0.15) is 5.56 Å². The van der Waals surface area contributed by atoms with Crippen LogP contribution in [-0.4, -0.2) is 0 Å². The third-order valence-electron chi connectivity index (χ3n) is 1.55. The first kappa shape index (κ1) is 6.77. The van der Waals surface area contributed by atoms with E-state index in [2.05, 4.69) is 5.09 Å². The molecule has 1 aliphatic heterocycles. The number of hydrogen-bond acceptors (Lipinski definition) is 2. The molecule has 1 aromatic rings. The molecule has 1 aromatic carbocycles. The Kier molecular flexibility index (Phi) is 1.60. The third kappa shape index (κ3) is 1.25. The Balaban J connectivity index is 2.41. The predicted molar refractivity (Wildman–Crippen MR) is 41.5 cm³/mol. The summed E-state index contributed by atoms with van der Waals surface area (Å²) in [5, 5.41) is 2.73. The molecule has 3 nitrogen and oxygen atoms in total. The molecule has 1 N–H and O–H groups in total. The van der Waals surface area contributed by atoms with E-state index in [-0.39, 0.29) is 0 Å². The van der Waals surface area contributed by atoms with Gasteiger partial charge in [0.25, 0.3) is 0 Å². The van der Waals surface area contributed by atoms with Gasteiger partial charge in [-0.05, 0) is 6.07 Å². The molecule has 11 heavy (non-hydrogen) atoms. The van der Waals surface area contributed by atoms with Crippen molar-refractivity contribution in [2.24, 2.45) is 0 Å². The smallest absolute Gasteiger partial charge is 0.239 e. The van der Waals surface area contributed by atoms with E-state index in [0.717, 1.165) is 11.3 Å². The molecular formula is C7H7NO2P+. The third-order valence-corrected chi connectivity index (χ3v) is 2.33. The van der Waals surface area contributed by atoms with Gasteiger partial charge in [-0.2, -0.15) is 0 Å². The molecule has 0 saturated heterocycles. The molecule has 0 aromatic heterocycles. The average Bonchev–Trinajstić information content (AvgIpc) is 2.04. The summed E-state index contributed by atoms with van der Waals surface area (Å²) < 4.78 is 15.9. The van der Waals surface area contributed by atoms with E-state index in [1.165, 1.54) is 0 Å². The summed E-state index contributed by atoms with van der Waals surface area (Å²) in [4.78, 5) is 0. The van der Waals surface area contributed by atoms with Crippen LogP contribution in [-0.2, 0) is 11.1 Å². The number of nitrogens with one attached hydrogen (secondary N) is 1. The van der Waals surface area contributed by atoms with Gasteiger partial charge < -0.3 is 0 Å². The SMILES string of the molecule is O=[P+]1NCc2ccccc2O1. The van der Waals surface area contributed by atoms with Crippen LogP contribution in [0.4, 0.5) is 0 Å². The summed E-state index contributed by atoms with van der Waals surface area (Å²) in [7, 11) is -1.68. The van der Waals surface area contributed by atoms with Crippen molar-refractivity contribution < 1.29 is 9.09 Å². The summed E-state index contributed by atoms with van der Waals surface area (Å²) in [6, 6.07) is 7.57. The van der Waals surface area contributed by atoms with Crippen LogP contribution < -0.4 is 9.61 Å². The largest absolute Gasteiger partial charge is 0.664 e. The van der Waals surface area contributed by atoms with Crippen LogP contribution >= 0.6 is 8.18 Å². The second kappa shape index (κ2) is 2.61. The highest BCUT2D eigenvalue weighted by atomic mass is 31.1. The van der Waals surface area contributed by atoms with Crippen molar-refractivity contribution in [3.63, 3.8) is 0 Å². The molecule has 4 heteroatoms. The molecule has 1 aliphatic rings. The molecule has 0 aliphatic carbocycles. The van der Waals surface area contributed by atoms with E-state index in [4.69, 9.17) is 4.52 Å². The molecule has 1 heterocycles. The summed E-state index contributed by atoms with van der Waals surface area (Å²) in [6.07, 6.45) is 0. The van der Waals surface area contributed by atoms with E-state index >= 15 is 0 Å². The summed E-state index contributed by atoms with van der Waals surface area (Å²) >= 11 is 0. The van der Waals surface area contributed by atoms with Gasteiger partial charge >= 0.3 is 8.18 Å². The average molecular weight is 168 g/mol. The molecule has 0 saturated carbocycles. The molecule has 0 amide bonds. The Morgan fingerprint density at radius 2 is 2.27 bits per heavy atom. The number of rotatable bonds is 0. The minimum absolute atomic E-state index is 0.630. The molecule has 2 rings (SSSR count). The zero-order valence-corrected chi connectivity index (χ0v) is 6.67. The summed E-state index contributed by atoms with van der Waals surface area (Å²) in [6.45, 7) is 0.630. The van der Waals surface area contributed by atoms with Gasteiger partial charge in [-0.15, -0.1) is 0 Å². The van der Waals surface area contributed by atoms with Crippen LogP contribution in [0.3, 0.4) is 0 Å². The first-order chi connectivity index (χ1) is 5.36. The Labute approximate surface area is 65.3 Å². The number of para-hydroxylation sites is 1. The lowest BCUT2D eigenvalue weighted by molar-refractivity contribution is 0.474. The Bertz CT molecular complexity index is 300. The maximum absolute atomic E-state index is 10.8. The second-order valence-corrected chi connectivity index (χ2v) is 3.30. The highest BCUT2D eigenvalue weighted by molar-refractivity contribution is 7.37. The van der Waals surface area contributed by atoms with E-state index in [1.807, 2.05) is 24.3 Å². The predicted octanol–water partition coefficient (Wildman–Crippen LogP) is 1.83. The molecule has 1 atom stereocenters. The molecule has 56 valence electrons. The monoisotopic (exact) mass is 168 g/mol. The van der Waals surface area contributed by atoms with E-state index in [1.54, 1.807) is 0 Å². The fourth-order valence-corrected chi connectivity index (χ4v) is 1.73. The van der Waals surface area contributed by atoms with E-state index < -0.39 is 8.18 Å². The Hall–Kier alpha value is -0.920. The summed E-state index contributed by atoms with van der Waals surface area (Å²) in [5.41, 5.74) is 1.06. The molecule has 0 fully saturated rings. The van der Waals surface area contributed by atoms with E-state index in [0.29, 0.717) is 6.54 Å². The zero-order chi connectivity index (χ0) is 7.68. The van der Waals surface area contributed by atoms with Crippen LogP contribution in [0.5, 0.6) is 5.75 Å². The molecule has 0 spiro atoms. The van der Waals surface area contributed by atoms with Gasteiger partial charge in [-0.3, -0.25) is 0 Å². The minimum Gasteiger partial charge on any atom is -0.239 e. The van der Waals surface area contributed by atoms with Gasteiger partial charge in [0.15, 0.2) is 5.75 Å². The zero-order valence-electron chi connectivity index (χ0n) is 5.78. The normalized spacial score (nSPS) is 18.7. The van der Waals surface area contributed by atoms with Crippen LogP contribution in [0.25, 0.3) is 0 Å². The van der Waals surface area contributed by atoms with Gasteiger partial charge in [-0.1, -0.05) is 23.3 Å². The van der Waals surface area contributed by atoms with Crippen molar-refractivity contribution in [3.05, 3.63) is 29.8 Å². The molecule has 0 radical (unpaired) electrons. The van der Waals surface area contributed by atoms with Gasteiger partial charge in [0.2, 0.25) is 0 Å². The molecule has 1 unspecified atom stereocenters. The minimum atomic E-state index is -1.68. The van der Waals surface area contributed by atoms with Gasteiger partial charge in [0, 0.05) is 10.1 Å². The van der Waals surface area contributed by atoms with Crippen molar-refractivity contribution in [1.29, 1.82) is 0 Å².